The summed E-state index contributed by atoms with van der Waals surface area (Å²) in [5.74, 6) is -0.994. The minimum absolute atomic E-state index is 0.00994. The topological polar surface area (TPSA) is 118 Å². The van der Waals surface area contributed by atoms with Gasteiger partial charge in [0.25, 0.3) is 0 Å². The van der Waals surface area contributed by atoms with Crippen molar-refractivity contribution in [1.29, 1.82) is 0 Å². The molecule has 0 amide bonds. The average Bonchev–Trinajstić information content (AvgIpc) is 3.40. The van der Waals surface area contributed by atoms with Crippen LogP contribution >= 0.6 is 11.9 Å². The Morgan fingerprint density at radius 3 is 2.67 bits per heavy atom. The van der Waals surface area contributed by atoms with Gasteiger partial charge in [0.1, 0.15) is 24.0 Å². The fraction of sp³-hybridized carbons (Fsp3) is 0.333. The number of anilines is 1. The van der Waals surface area contributed by atoms with Crippen molar-refractivity contribution < 1.29 is 14.9 Å². The molecule has 1 saturated heterocycles. The standard InChI is InChI=1S/C21H21N5OS.C3H8O2/c22-20-18-9-10-26(21(18)24-13-23-20)19-8-6-16(27-19)12-25-28-17-7-5-14-3-1-2-4-15(14)11-17;1-3(2,4)5/h1-5,7,9-11,13,16,19,25H,6,8,12H2,(H2,22,23,24);4-5H,1-2H3. The Hall–Kier alpha value is -2.69. The Bertz CT molecular complexity index is 1220. The molecule has 1 aliphatic heterocycles. The molecule has 0 radical (unpaired) electrons. The molecule has 1 fully saturated rings. The third-order valence-electron chi connectivity index (χ3n) is 5.16. The molecular weight excluding hydrogens is 438 g/mol. The Balaban J connectivity index is 0.000000471. The maximum atomic E-state index is 8.08. The first kappa shape index (κ1) is 23.5. The number of hydrogen-bond acceptors (Lipinski definition) is 8. The SMILES string of the molecule is CC(C)(O)O.Nc1ncnc2c1ccn2C1CCC(CNSc2ccc3ccccc3c2)O1. The van der Waals surface area contributed by atoms with E-state index in [2.05, 4.69) is 61.7 Å². The number of aromatic nitrogens is 3. The summed E-state index contributed by atoms with van der Waals surface area (Å²) >= 11 is 1.65. The predicted molar refractivity (Wildman–Crippen MR) is 131 cm³/mol. The summed E-state index contributed by atoms with van der Waals surface area (Å²) in [5, 5.41) is 19.5. The summed E-state index contributed by atoms with van der Waals surface area (Å²) in [7, 11) is 0. The predicted octanol–water partition coefficient (Wildman–Crippen LogP) is 3.85. The fourth-order valence-electron chi connectivity index (χ4n) is 3.71. The second-order valence-electron chi connectivity index (χ2n) is 8.46. The molecule has 2 unspecified atom stereocenters. The third-order valence-corrected chi connectivity index (χ3v) is 5.96. The van der Waals surface area contributed by atoms with Crippen LogP contribution in [0.1, 0.15) is 32.9 Å². The Morgan fingerprint density at radius 1 is 1.12 bits per heavy atom. The van der Waals surface area contributed by atoms with Crippen molar-refractivity contribution in [2.75, 3.05) is 12.3 Å². The van der Waals surface area contributed by atoms with Gasteiger partial charge in [0, 0.05) is 17.6 Å². The first-order valence-electron chi connectivity index (χ1n) is 10.8. The number of nitrogens with zero attached hydrogens (tertiary/aromatic N) is 3. The molecule has 0 saturated carbocycles. The lowest BCUT2D eigenvalue weighted by Crippen LogP contribution is -2.22. The van der Waals surface area contributed by atoms with Gasteiger partial charge in [-0.3, -0.25) is 4.72 Å². The minimum Gasteiger partial charge on any atom is -0.383 e. The molecule has 33 heavy (non-hydrogen) atoms. The van der Waals surface area contributed by atoms with Gasteiger partial charge in [-0.2, -0.15) is 0 Å². The number of nitrogens with two attached hydrogens (primary N) is 1. The second kappa shape index (κ2) is 10.1. The maximum Gasteiger partial charge on any atom is 0.156 e. The molecule has 4 aromatic rings. The number of hydrogen-bond donors (Lipinski definition) is 4. The highest BCUT2D eigenvalue weighted by Crippen LogP contribution is 2.32. The Morgan fingerprint density at radius 2 is 1.88 bits per heavy atom. The molecule has 2 aromatic carbocycles. The van der Waals surface area contributed by atoms with Crippen molar-refractivity contribution >= 4 is 39.6 Å². The number of nitrogen functional groups attached to an aromatic ring is 1. The molecule has 2 aromatic heterocycles. The van der Waals surface area contributed by atoms with Gasteiger partial charge in [-0.25, -0.2) is 9.97 Å². The smallest absolute Gasteiger partial charge is 0.156 e. The van der Waals surface area contributed by atoms with E-state index in [4.69, 9.17) is 20.7 Å². The summed E-state index contributed by atoms with van der Waals surface area (Å²) in [6, 6.07) is 16.9. The zero-order valence-electron chi connectivity index (χ0n) is 18.7. The molecule has 2 atom stereocenters. The van der Waals surface area contributed by atoms with Crippen LogP contribution in [-0.4, -0.2) is 43.2 Å². The molecule has 0 bridgehead atoms. The van der Waals surface area contributed by atoms with Gasteiger partial charge in [0.2, 0.25) is 0 Å². The van der Waals surface area contributed by atoms with Crippen molar-refractivity contribution in [3.8, 4) is 0 Å². The molecule has 5 rings (SSSR count). The number of fused-ring (bicyclic) bond motifs is 2. The Labute approximate surface area is 196 Å². The van der Waals surface area contributed by atoms with Crippen LogP contribution in [0.3, 0.4) is 0 Å². The number of ether oxygens (including phenoxy) is 1. The number of aliphatic hydroxyl groups is 2. The van der Waals surface area contributed by atoms with E-state index in [9.17, 15) is 0 Å². The first-order valence-corrected chi connectivity index (χ1v) is 11.7. The van der Waals surface area contributed by atoms with E-state index in [-0.39, 0.29) is 12.3 Å². The van der Waals surface area contributed by atoms with Crippen LogP contribution in [0.5, 0.6) is 0 Å². The van der Waals surface area contributed by atoms with Gasteiger partial charge in [-0.15, -0.1) is 0 Å². The molecule has 0 spiro atoms. The highest BCUT2D eigenvalue weighted by molar-refractivity contribution is 7.97. The van der Waals surface area contributed by atoms with Gasteiger partial charge in [-0.1, -0.05) is 30.3 Å². The van der Waals surface area contributed by atoms with Crippen LogP contribution in [0.15, 0.2) is 66.0 Å². The molecule has 9 heteroatoms. The lowest BCUT2D eigenvalue weighted by Gasteiger charge is -2.16. The van der Waals surface area contributed by atoms with E-state index in [0.717, 1.165) is 30.4 Å². The summed E-state index contributed by atoms with van der Waals surface area (Å²) in [6.07, 6.45) is 5.62. The van der Waals surface area contributed by atoms with Crippen LogP contribution in [0.4, 0.5) is 5.82 Å². The van der Waals surface area contributed by atoms with E-state index in [1.807, 2.05) is 12.3 Å². The van der Waals surface area contributed by atoms with Gasteiger partial charge >= 0.3 is 0 Å². The summed E-state index contributed by atoms with van der Waals surface area (Å²) in [5.41, 5.74) is 6.76. The highest BCUT2D eigenvalue weighted by atomic mass is 32.2. The van der Waals surface area contributed by atoms with E-state index >= 15 is 0 Å². The fourth-order valence-corrected chi connectivity index (χ4v) is 4.47. The van der Waals surface area contributed by atoms with Crippen LogP contribution in [0.2, 0.25) is 0 Å². The molecule has 174 valence electrons. The first-order chi connectivity index (χ1) is 15.8. The molecule has 0 aliphatic carbocycles. The minimum atomic E-state index is -1.50. The van der Waals surface area contributed by atoms with E-state index in [0.29, 0.717) is 5.82 Å². The maximum absolute atomic E-state index is 8.08. The highest BCUT2D eigenvalue weighted by Gasteiger charge is 2.27. The summed E-state index contributed by atoms with van der Waals surface area (Å²) in [6.45, 7) is 3.39. The van der Waals surface area contributed by atoms with Gasteiger partial charge < -0.3 is 25.3 Å². The molecule has 5 N–H and O–H groups in total. The summed E-state index contributed by atoms with van der Waals surface area (Å²) < 4.78 is 11.8. The second-order valence-corrected chi connectivity index (χ2v) is 9.43. The number of rotatable bonds is 5. The van der Waals surface area contributed by atoms with Crippen molar-refractivity contribution in [3.05, 3.63) is 61.1 Å². The lowest BCUT2D eigenvalue weighted by atomic mass is 10.1. The van der Waals surface area contributed by atoms with Crippen LogP contribution < -0.4 is 10.5 Å². The number of benzene rings is 2. The van der Waals surface area contributed by atoms with Crippen molar-refractivity contribution in [1.82, 2.24) is 19.3 Å². The molecular formula is C24H29N5O3S. The quantitative estimate of drug-likeness (QED) is 0.258. The average molecular weight is 468 g/mol. The molecule has 3 heterocycles. The monoisotopic (exact) mass is 467 g/mol. The van der Waals surface area contributed by atoms with Gasteiger partial charge in [0.05, 0.1) is 11.5 Å². The zero-order valence-corrected chi connectivity index (χ0v) is 19.5. The van der Waals surface area contributed by atoms with Gasteiger partial charge in [-0.05, 0) is 67.6 Å². The lowest BCUT2D eigenvalue weighted by molar-refractivity contribution is -0.127. The zero-order chi connectivity index (χ0) is 23.4. The normalized spacial score (nSPS) is 18.4. The largest absolute Gasteiger partial charge is 0.383 e. The van der Waals surface area contributed by atoms with Crippen LogP contribution in [0.25, 0.3) is 21.8 Å². The molecule has 8 nitrogen and oxygen atoms in total. The van der Waals surface area contributed by atoms with Crippen LogP contribution in [-0.2, 0) is 4.74 Å². The van der Waals surface area contributed by atoms with Gasteiger partial charge in [0.15, 0.2) is 5.79 Å². The van der Waals surface area contributed by atoms with E-state index < -0.39 is 5.79 Å². The van der Waals surface area contributed by atoms with Crippen molar-refractivity contribution in [2.45, 2.75) is 49.7 Å². The third kappa shape index (κ3) is 6.21. The van der Waals surface area contributed by atoms with E-state index in [1.54, 1.807) is 11.9 Å². The van der Waals surface area contributed by atoms with E-state index in [1.165, 1.54) is 35.8 Å². The number of nitrogens with one attached hydrogen (secondary N) is 1. The Kier molecular flexibility index (Phi) is 7.16. The van der Waals surface area contributed by atoms with Crippen molar-refractivity contribution in [2.24, 2.45) is 0 Å². The van der Waals surface area contributed by atoms with Crippen LogP contribution in [0, 0.1) is 0 Å². The summed E-state index contributed by atoms with van der Waals surface area (Å²) in [4.78, 5) is 9.63. The molecule has 1 aliphatic rings. The van der Waals surface area contributed by atoms with Crippen molar-refractivity contribution in [3.63, 3.8) is 0 Å².